The summed E-state index contributed by atoms with van der Waals surface area (Å²) in [7, 11) is 0. The van der Waals surface area contributed by atoms with E-state index in [1.165, 1.54) is 0 Å². The zero-order valence-electron chi connectivity index (χ0n) is 14.0. The quantitative estimate of drug-likeness (QED) is 0.878. The Bertz CT molecular complexity index is 512. The largest absolute Gasteiger partial charge is 0.394 e. The molecule has 1 aromatic rings. The monoisotopic (exact) mass is 308 g/mol. The summed E-state index contributed by atoms with van der Waals surface area (Å²) in [6, 6.07) is 1.90. The fraction of sp³-hybridized carbons (Fsp3) is 0.750. The minimum absolute atomic E-state index is 0.0129. The van der Waals surface area contributed by atoms with E-state index < -0.39 is 5.54 Å². The van der Waals surface area contributed by atoms with E-state index in [1.807, 2.05) is 24.7 Å². The average molecular weight is 308 g/mol. The van der Waals surface area contributed by atoms with Gasteiger partial charge in [-0.1, -0.05) is 13.8 Å². The molecule has 1 atom stereocenters. The van der Waals surface area contributed by atoms with Crippen molar-refractivity contribution in [1.82, 2.24) is 14.7 Å². The van der Waals surface area contributed by atoms with E-state index in [-0.39, 0.29) is 18.7 Å². The van der Waals surface area contributed by atoms with Crippen molar-refractivity contribution in [3.05, 3.63) is 12.3 Å². The lowest BCUT2D eigenvalue weighted by atomic mass is 9.87. The third-order valence-electron chi connectivity index (χ3n) is 4.30. The number of hydrogen-bond donors (Lipinski definition) is 2. The van der Waals surface area contributed by atoms with Gasteiger partial charge in [-0.05, 0) is 39.0 Å². The Labute approximate surface area is 132 Å². The predicted molar refractivity (Wildman–Crippen MR) is 86.8 cm³/mol. The number of carbonyl (C=O) groups is 1. The van der Waals surface area contributed by atoms with E-state index in [4.69, 9.17) is 0 Å². The van der Waals surface area contributed by atoms with Gasteiger partial charge in [0, 0.05) is 24.8 Å². The third-order valence-corrected chi connectivity index (χ3v) is 4.30. The van der Waals surface area contributed by atoms with Crippen LogP contribution < -0.4 is 5.32 Å². The zero-order chi connectivity index (χ0) is 16.3. The van der Waals surface area contributed by atoms with Crippen LogP contribution in [0.5, 0.6) is 0 Å². The Morgan fingerprint density at radius 1 is 1.45 bits per heavy atom. The van der Waals surface area contributed by atoms with E-state index in [2.05, 4.69) is 24.3 Å². The van der Waals surface area contributed by atoms with Gasteiger partial charge in [-0.15, -0.1) is 0 Å². The topological polar surface area (TPSA) is 70.4 Å². The summed E-state index contributed by atoms with van der Waals surface area (Å²) in [5.41, 5.74) is -0.432. The second-order valence-electron chi connectivity index (χ2n) is 6.94. The molecule has 0 spiro atoms. The van der Waals surface area contributed by atoms with Gasteiger partial charge in [-0.25, -0.2) is 4.79 Å². The van der Waals surface area contributed by atoms with Gasteiger partial charge in [0.25, 0.3) is 0 Å². The molecule has 2 N–H and O–H groups in total. The molecule has 6 nitrogen and oxygen atoms in total. The summed E-state index contributed by atoms with van der Waals surface area (Å²) >= 11 is 0. The number of nitrogens with one attached hydrogen (secondary N) is 1. The van der Waals surface area contributed by atoms with Crippen LogP contribution in [-0.4, -0.2) is 44.5 Å². The lowest BCUT2D eigenvalue weighted by Crippen LogP contribution is -2.52. The molecule has 0 aromatic carbocycles. The van der Waals surface area contributed by atoms with Crippen LogP contribution >= 0.6 is 0 Å². The maximum Gasteiger partial charge on any atom is 0.323 e. The molecule has 1 aliphatic heterocycles. The summed E-state index contributed by atoms with van der Waals surface area (Å²) < 4.78 is 1.81. The minimum atomic E-state index is -0.432. The van der Waals surface area contributed by atoms with Crippen molar-refractivity contribution in [2.24, 2.45) is 5.92 Å². The first-order valence-electron chi connectivity index (χ1n) is 8.12. The highest BCUT2D eigenvalue weighted by Gasteiger charge is 2.43. The predicted octanol–water partition coefficient (Wildman–Crippen LogP) is 2.87. The van der Waals surface area contributed by atoms with Gasteiger partial charge in [-0.3, -0.25) is 10.00 Å². The number of anilines is 1. The SMILES string of the molecule is CC(C)CC1(CO)CCCN1C(=O)Nc1ccn(C(C)C)n1. The van der Waals surface area contributed by atoms with Crippen molar-refractivity contribution in [2.45, 2.75) is 58.5 Å². The maximum absolute atomic E-state index is 12.6. The van der Waals surface area contributed by atoms with Gasteiger partial charge < -0.3 is 10.0 Å². The lowest BCUT2D eigenvalue weighted by Gasteiger charge is -2.38. The van der Waals surface area contributed by atoms with Gasteiger partial charge in [-0.2, -0.15) is 5.10 Å². The molecular formula is C16H28N4O2. The number of aliphatic hydroxyl groups is 1. The number of urea groups is 1. The average Bonchev–Trinajstić information content (AvgIpc) is 3.05. The van der Waals surface area contributed by atoms with E-state index in [1.54, 1.807) is 11.0 Å². The van der Waals surface area contributed by atoms with Crippen LogP contribution in [0, 0.1) is 5.92 Å². The summed E-state index contributed by atoms with van der Waals surface area (Å²) in [6.07, 6.45) is 4.46. The molecule has 0 aliphatic carbocycles. The number of nitrogens with zero attached hydrogens (tertiary/aromatic N) is 3. The van der Waals surface area contributed by atoms with E-state index >= 15 is 0 Å². The molecule has 2 rings (SSSR count). The van der Waals surface area contributed by atoms with Gasteiger partial charge in [0.1, 0.15) is 0 Å². The van der Waals surface area contributed by atoms with E-state index in [9.17, 15) is 9.90 Å². The van der Waals surface area contributed by atoms with E-state index in [0.717, 1.165) is 19.3 Å². The summed E-state index contributed by atoms with van der Waals surface area (Å²) in [6.45, 7) is 9.02. The zero-order valence-corrected chi connectivity index (χ0v) is 14.0. The molecular weight excluding hydrogens is 280 g/mol. The van der Waals surface area contributed by atoms with Crippen molar-refractivity contribution in [2.75, 3.05) is 18.5 Å². The molecule has 22 heavy (non-hydrogen) atoms. The molecule has 0 bridgehead atoms. The molecule has 6 heteroatoms. The first kappa shape index (κ1) is 16.8. The fourth-order valence-corrected chi connectivity index (χ4v) is 3.33. The Morgan fingerprint density at radius 3 is 2.73 bits per heavy atom. The molecule has 0 radical (unpaired) electrons. The third kappa shape index (κ3) is 3.43. The van der Waals surface area contributed by atoms with Crippen LogP contribution in [0.25, 0.3) is 0 Å². The number of likely N-dealkylation sites (tertiary alicyclic amines) is 1. The Kier molecular flexibility index (Phi) is 5.11. The second-order valence-corrected chi connectivity index (χ2v) is 6.94. The summed E-state index contributed by atoms with van der Waals surface area (Å²) in [5, 5.41) is 17.1. The number of rotatable bonds is 5. The van der Waals surface area contributed by atoms with Crippen LogP contribution in [0.4, 0.5) is 10.6 Å². The van der Waals surface area contributed by atoms with Crippen molar-refractivity contribution in [1.29, 1.82) is 0 Å². The van der Waals surface area contributed by atoms with Crippen molar-refractivity contribution in [3.63, 3.8) is 0 Å². The summed E-state index contributed by atoms with van der Waals surface area (Å²) in [5.74, 6) is 0.989. The molecule has 1 unspecified atom stereocenters. The molecule has 1 aliphatic rings. The number of amides is 2. The number of aliphatic hydroxyl groups excluding tert-OH is 1. The smallest absolute Gasteiger partial charge is 0.323 e. The van der Waals surface area contributed by atoms with Crippen LogP contribution in [0.1, 0.15) is 53.0 Å². The number of hydrogen-bond acceptors (Lipinski definition) is 3. The molecule has 1 saturated heterocycles. The highest BCUT2D eigenvalue weighted by Crippen LogP contribution is 2.35. The van der Waals surface area contributed by atoms with Crippen LogP contribution in [0.2, 0.25) is 0 Å². The van der Waals surface area contributed by atoms with Gasteiger partial charge in [0.2, 0.25) is 0 Å². The van der Waals surface area contributed by atoms with Crippen molar-refractivity contribution >= 4 is 11.8 Å². The molecule has 1 fully saturated rings. The molecule has 2 amide bonds. The highest BCUT2D eigenvalue weighted by atomic mass is 16.3. The first-order valence-corrected chi connectivity index (χ1v) is 8.12. The van der Waals surface area contributed by atoms with Crippen LogP contribution in [0.15, 0.2) is 12.3 Å². The Balaban J connectivity index is 2.09. The van der Waals surface area contributed by atoms with E-state index in [0.29, 0.717) is 18.3 Å². The van der Waals surface area contributed by atoms with Gasteiger partial charge in [0.05, 0.1) is 12.1 Å². The lowest BCUT2D eigenvalue weighted by molar-refractivity contribution is 0.0727. The van der Waals surface area contributed by atoms with Crippen molar-refractivity contribution < 1.29 is 9.90 Å². The van der Waals surface area contributed by atoms with Crippen LogP contribution in [-0.2, 0) is 0 Å². The first-order chi connectivity index (χ1) is 10.4. The normalized spacial score (nSPS) is 21.9. The molecule has 1 aromatic heterocycles. The van der Waals surface area contributed by atoms with Gasteiger partial charge >= 0.3 is 6.03 Å². The molecule has 0 saturated carbocycles. The molecule has 2 heterocycles. The number of carbonyl (C=O) groups excluding carboxylic acids is 1. The summed E-state index contributed by atoms with van der Waals surface area (Å²) in [4.78, 5) is 14.4. The fourth-order valence-electron chi connectivity index (χ4n) is 3.33. The second kappa shape index (κ2) is 6.69. The number of aromatic nitrogens is 2. The minimum Gasteiger partial charge on any atom is -0.394 e. The van der Waals surface area contributed by atoms with Crippen molar-refractivity contribution in [3.8, 4) is 0 Å². The molecule has 124 valence electrons. The van der Waals surface area contributed by atoms with Crippen LogP contribution in [0.3, 0.4) is 0 Å². The standard InChI is InChI=1S/C16H28N4O2/c1-12(2)10-16(11-21)7-5-8-19(16)15(22)17-14-6-9-20(18-14)13(3)4/h6,9,12-13,21H,5,7-8,10-11H2,1-4H3,(H,17,18,22). The maximum atomic E-state index is 12.6. The highest BCUT2D eigenvalue weighted by molar-refractivity contribution is 5.89. The van der Waals surface area contributed by atoms with Gasteiger partial charge in [0.15, 0.2) is 5.82 Å². The Hall–Kier alpha value is -1.56. The Morgan fingerprint density at radius 2 is 2.18 bits per heavy atom.